The van der Waals surface area contributed by atoms with Crippen LogP contribution in [0, 0.1) is 0 Å². The molecule has 1 saturated heterocycles. The Morgan fingerprint density at radius 3 is 2.88 bits per heavy atom. The smallest absolute Gasteiger partial charge is 0.220 e. The van der Waals surface area contributed by atoms with Crippen molar-refractivity contribution in [3.8, 4) is 11.3 Å². The summed E-state index contributed by atoms with van der Waals surface area (Å²) in [6.45, 7) is 1.30. The highest BCUT2D eigenvalue weighted by Gasteiger charge is 2.18. The predicted octanol–water partition coefficient (Wildman–Crippen LogP) is 2.31. The zero-order valence-electron chi connectivity index (χ0n) is 14.7. The fourth-order valence-corrected chi connectivity index (χ4v) is 2.80. The predicted molar refractivity (Wildman–Crippen MR) is 114 cm³/mol. The summed E-state index contributed by atoms with van der Waals surface area (Å²) >= 11 is 0. The van der Waals surface area contributed by atoms with E-state index in [2.05, 4.69) is 44.1 Å². The molecule has 0 radical (unpaired) electrons. The Kier molecular flexibility index (Phi) is 7.83. The molecule has 1 atom stereocenters. The standard InChI is InChI=1S/C19H23N5O.HI/c1-20-19(24-16-8-9-18(25)22-13-16)23-12-14-5-4-6-15(11-14)17-7-2-3-10-21-17;/h2-7,10-11,16H,8-9,12-13H2,1H3,(H,22,25)(H2,20,23,24);1H. The van der Waals surface area contributed by atoms with Crippen molar-refractivity contribution in [2.24, 2.45) is 4.99 Å². The van der Waals surface area contributed by atoms with Gasteiger partial charge in [-0.05, 0) is 30.2 Å². The van der Waals surface area contributed by atoms with Gasteiger partial charge < -0.3 is 16.0 Å². The molecule has 2 heterocycles. The molecule has 0 saturated carbocycles. The quantitative estimate of drug-likeness (QED) is 0.368. The van der Waals surface area contributed by atoms with Crippen LogP contribution >= 0.6 is 24.0 Å². The van der Waals surface area contributed by atoms with Crippen molar-refractivity contribution in [3.63, 3.8) is 0 Å². The number of hydrogen-bond acceptors (Lipinski definition) is 3. The maximum Gasteiger partial charge on any atom is 0.220 e. The Hall–Kier alpha value is -2.16. The number of piperidine rings is 1. The summed E-state index contributed by atoms with van der Waals surface area (Å²) in [6, 6.07) is 14.4. The number of carbonyl (C=O) groups is 1. The lowest BCUT2D eigenvalue weighted by molar-refractivity contribution is -0.122. The Morgan fingerprint density at radius 2 is 2.19 bits per heavy atom. The van der Waals surface area contributed by atoms with E-state index in [-0.39, 0.29) is 35.9 Å². The maximum absolute atomic E-state index is 11.2. The second kappa shape index (κ2) is 10.1. The van der Waals surface area contributed by atoms with Crippen molar-refractivity contribution in [1.82, 2.24) is 20.9 Å². The van der Waals surface area contributed by atoms with E-state index in [1.54, 1.807) is 13.2 Å². The van der Waals surface area contributed by atoms with Gasteiger partial charge >= 0.3 is 0 Å². The summed E-state index contributed by atoms with van der Waals surface area (Å²) in [6.07, 6.45) is 3.18. The molecular formula is C19H24IN5O. The number of carbonyl (C=O) groups excluding carboxylic acids is 1. The van der Waals surface area contributed by atoms with Gasteiger partial charge in [0.2, 0.25) is 5.91 Å². The molecule has 6 nitrogen and oxygen atoms in total. The largest absolute Gasteiger partial charge is 0.354 e. The molecule has 1 aliphatic heterocycles. The Bertz CT molecular complexity index is 741. The Morgan fingerprint density at radius 1 is 1.31 bits per heavy atom. The second-order valence-electron chi connectivity index (χ2n) is 6.03. The minimum atomic E-state index is 0. The van der Waals surface area contributed by atoms with Gasteiger partial charge in [0.15, 0.2) is 5.96 Å². The van der Waals surface area contributed by atoms with Crippen LogP contribution < -0.4 is 16.0 Å². The van der Waals surface area contributed by atoms with E-state index in [0.29, 0.717) is 19.5 Å². The third-order valence-electron chi connectivity index (χ3n) is 4.18. The monoisotopic (exact) mass is 465 g/mol. The Labute approximate surface area is 170 Å². The molecular weight excluding hydrogens is 441 g/mol. The molecule has 1 fully saturated rings. The number of pyridine rings is 1. The minimum Gasteiger partial charge on any atom is -0.354 e. The van der Waals surface area contributed by atoms with Crippen molar-refractivity contribution in [2.75, 3.05) is 13.6 Å². The van der Waals surface area contributed by atoms with Crippen molar-refractivity contribution in [3.05, 3.63) is 54.2 Å². The lowest BCUT2D eigenvalue weighted by atomic mass is 10.1. The fourth-order valence-electron chi connectivity index (χ4n) is 2.80. The number of aromatic nitrogens is 1. The van der Waals surface area contributed by atoms with E-state index < -0.39 is 0 Å². The van der Waals surface area contributed by atoms with Crippen LogP contribution in [0.25, 0.3) is 11.3 Å². The zero-order chi connectivity index (χ0) is 17.5. The summed E-state index contributed by atoms with van der Waals surface area (Å²) in [7, 11) is 1.75. The van der Waals surface area contributed by atoms with Gasteiger partial charge in [-0.25, -0.2) is 0 Å². The fraction of sp³-hybridized carbons (Fsp3) is 0.316. The van der Waals surface area contributed by atoms with Gasteiger partial charge in [-0.1, -0.05) is 24.3 Å². The second-order valence-corrected chi connectivity index (χ2v) is 6.03. The number of guanidine groups is 1. The number of nitrogens with one attached hydrogen (secondary N) is 3. The minimum absolute atomic E-state index is 0. The van der Waals surface area contributed by atoms with E-state index in [4.69, 9.17) is 0 Å². The lowest BCUT2D eigenvalue weighted by Crippen LogP contribution is -2.51. The number of rotatable bonds is 4. The topological polar surface area (TPSA) is 78.4 Å². The number of nitrogens with zero attached hydrogens (tertiary/aromatic N) is 2. The van der Waals surface area contributed by atoms with E-state index in [9.17, 15) is 4.79 Å². The van der Waals surface area contributed by atoms with Crippen LogP contribution in [0.2, 0.25) is 0 Å². The molecule has 1 aromatic heterocycles. The van der Waals surface area contributed by atoms with Crippen molar-refractivity contribution in [1.29, 1.82) is 0 Å². The highest BCUT2D eigenvalue weighted by molar-refractivity contribution is 14.0. The van der Waals surface area contributed by atoms with E-state index in [0.717, 1.165) is 29.2 Å². The van der Waals surface area contributed by atoms with Gasteiger partial charge in [0.25, 0.3) is 0 Å². The highest BCUT2D eigenvalue weighted by Crippen LogP contribution is 2.17. The first-order valence-electron chi connectivity index (χ1n) is 8.49. The third-order valence-corrected chi connectivity index (χ3v) is 4.18. The molecule has 3 rings (SSSR count). The SMILES string of the molecule is CN=C(NCc1cccc(-c2ccccn2)c1)NC1CCC(=O)NC1.I. The van der Waals surface area contributed by atoms with Gasteiger partial charge in [-0.3, -0.25) is 14.8 Å². The summed E-state index contributed by atoms with van der Waals surface area (Å²) in [5.74, 6) is 0.858. The molecule has 2 aromatic rings. The molecule has 1 aromatic carbocycles. The molecule has 0 spiro atoms. The van der Waals surface area contributed by atoms with Crippen LogP contribution in [0.3, 0.4) is 0 Å². The number of halogens is 1. The summed E-state index contributed by atoms with van der Waals surface area (Å²) in [4.78, 5) is 19.9. The molecule has 1 unspecified atom stereocenters. The lowest BCUT2D eigenvalue weighted by Gasteiger charge is -2.25. The first-order chi connectivity index (χ1) is 12.2. The average Bonchev–Trinajstić information content (AvgIpc) is 2.67. The van der Waals surface area contributed by atoms with E-state index in [1.807, 2.05) is 24.3 Å². The number of aliphatic imine (C=N–C) groups is 1. The zero-order valence-corrected chi connectivity index (χ0v) is 17.1. The average molecular weight is 465 g/mol. The molecule has 26 heavy (non-hydrogen) atoms. The summed E-state index contributed by atoms with van der Waals surface area (Å²) in [5, 5.41) is 9.55. The van der Waals surface area contributed by atoms with Crippen LogP contribution in [0.4, 0.5) is 0 Å². The van der Waals surface area contributed by atoms with Gasteiger partial charge in [-0.2, -0.15) is 0 Å². The van der Waals surface area contributed by atoms with Crippen LogP contribution in [0.1, 0.15) is 18.4 Å². The molecule has 3 N–H and O–H groups in total. The summed E-state index contributed by atoms with van der Waals surface area (Å²) < 4.78 is 0. The van der Waals surface area contributed by atoms with Crippen LogP contribution in [-0.2, 0) is 11.3 Å². The van der Waals surface area contributed by atoms with Gasteiger partial charge in [0, 0.05) is 44.4 Å². The summed E-state index contributed by atoms with van der Waals surface area (Å²) in [5.41, 5.74) is 3.21. The molecule has 0 bridgehead atoms. The van der Waals surface area contributed by atoms with E-state index >= 15 is 0 Å². The van der Waals surface area contributed by atoms with Gasteiger partial charge in [-0.15, -0.1) is 24.0 Å². The first-order valence-corrected chi connectivity index (χ1v) is 8.49. The first kappa shape index (κ1) is 20.2. The third kappa shape index (κ3) is 5.69. The van der Waals surface area contributed by atoms with Crippen LogP contribution in [-0.4, -0.2) is 36.5 Å². The van der Waals surface area contributed by atoms with Gasteiger partial charge in [0.05, 0.1) is 5.69 Å². The van der Waals surface area contributed by atoms with Crippen LogP contribution in [0.15, 0.2) is 53.7 Å². The molecule has 0 aliphatic carbocycles. The van der Waals surface area contributed by atoms with Crippen molar-refractivity contribution >= 4 is 35.8 Å². The van der Waals surface area contributed by atoms with Crippen LogP contribution in [0.5, 0.6) is 0 Å². The van der Waals surface area contributed by atoms with Gasteiger partial charge in [0.1, 0.15) is 0 Å². The molecule has 1 aliphatic rings. The normalized spacial score (nSPS) is 17.0. The van der Waals surface area contributed by atoms with E-state index in [1.165, 1.54) is 0 Å². The molecule has 138 valence electrons. The maximum atomic E-state index is 11.2. The highest BCUT2D eigenvalue weighted by atomic mass is 127. The van der Waals surface area contributed by atoms with Crippen molar-refractivity contribution in [2.45, 2.75) is 25.4 Å². The number of amides is 1. The molecule has 1 amide bonds. The number of benzene rings is 1. The number of hydrogen-bond donors (Lipinski definition) is 3. The Balaban J connectivity index is 0.00000243. The molecule has 7 heteroatoms. The van der Waals surface area contributed by atoms with Crippen molar-refractivity contribution < 1.29 is 4.79 Å².